The topological polar surface area (TPSA) is 53.2 Å². The number of thiocarbonyl (C=S) groups is 1. The molecule has 1 saturated carbocycles. The number of rotatable bonds is 4. The van der Waals surface area contributed by atoms with Gasteiger partial charge in [-0.25, -0.2) is 0 Å². The minimum Gasteiger partial charge on any atom is -0.360 e. The van der Waals surface area contributed by atoms with E-state index in [1.165, 1.54) is 12.8 Å². The highest BCUT2D eigenvalue weighted by molar-refractivity contribution is 7.80. The van der Waals surface area contributed by atoms with Crippen LogP contribution in [0.3, 0.4) is 0 Å². The second-order valence-electron chi connectivity index (χ2n) is 4.28. The maximum Gasteiger partial charge on any atom is 0.242 e. The highest BCUT2D eigenvalue weighted by atomic mass is 32.1. The summed E-state index contributed by atoms with van der Waals surface area (Å²) in [7, 11) is 0. The van der Waals surface area contributed by atoms with Gasteiger partial charge in [-0.1, -0.05) is 0 Å². The Balaban J connectivity index is 2.23. The van der Waals surface area contributed by atoms with Crippen LogP contribution >= 0.6 is 12.2 Å². The van der Waals surface area contributed by atoms with E-state index in [2.05, 4.69) is 16.0 Å². The fourth-order valence-corrected chi connectivity index (χ4v) is 1.47. The van der Waals surface area contributed by atoms with Crippen LogP contribution in [0.4, 0.5) is 0 Å². The van der Waals surface area contributed by atoms with Gasteiger partial charge in [0, 0.05) is 12.1 Å². The van der Waals surface area contributed by atoms with Crippen LogP contribution in [-0.4, -0.2) is 29.1 Å². The van der Waals surface area contributed by atoms with E-state index in [1.54, 1.807) is 6.92 Å². The Labute approximate surface area is 96.2 Å². The van der Waals surface area contributed by atoms with Gasteiger partial charge in [-0.3, -0.25) is 4.79 Å². The summed E-state index contributed by atoms with van der Waals surface area (Å²) in [6, 6.07) is 0.392. The molecule has 15 heavy (non-hydrogen) atoms. The number of amides is 1. The third kappa shape index (κ3) is 4.97. The van der Waals surface area contributed by atoms with Gasteiger partial charge in [-0.2, -0.15) is 0 Å². The summed E-state index contributed by atoms with van der Waals surface area (Å²) in [4.78, 5) is 11.5. The van der Waals surface area contributed by atoms with Crippen molar-refractivity contribution < 1.29 is 4.79 Å². The number of carbonyl (C=O) groups excluding carboxylic acids is 1. The minimum atomic E-state index is -0.286. The summed E-state index contributed by atoms with van der Waals surface area (Å²) >= 11 is 5.08. The lowest BCUT2D eigenvalue weighted by Gasteiger charge is -2.17. The van der Waals surface area contributed by atoms with E-state index in [9.17, 15) is 4.79 Å². The Bertz CT molecular complexity index is 251. The molecular weight excluding hydrogens is 210 g/mol. The lowest BCUT2D eigenvalue weighted by molar-refractivity contribution is -0.122. The molecule has 0 heterocycles. The predicted octanol–water partition coefficient (Wildman–Crippen LogP) is 0.526. The molecule has 0 radical (unpaired) electrons. The van der Waals surface area contributed by atoms with Gasteiger partial charge in [-0.05, 0) is 45.8 Å². The molecule has 1 atom stereocenters. The van der Waals surface area contributed by atoms with Gasteiger partial charge in [0.05, 0.1) is 0 Å². The van der Waals surface area contributed by atoms with Crippen LogP contribution in [0.5, 0.6) is 0 Å². The quantitative estimate of drug-likeness (QED) is 0.615. The average Bonchev–Trinajstić information content (AvgIpc) is 2.86. The molecule has 1 amide bonds. The Morgan fingerprint density at radius 1 is 1.27 bits per heavy atom. The smallest absolute Gasteiger partial charge is 0.242 e. The molecule has 1 rings (SSSR count). The molecule has 1 fully saturated rings. The van der Waals surface area contributed by atoms with Crippen molar-refractivity contribution in [1.29, 1.82) is 0 Å². The molecule has 0 spiro atoms. The normalized spacial score (nSPS) is 17.1. The van der Waals surface area contributed by atoms with Crippen molar-refractivity contribution in [3.05, 3.63) is 0 Å². The molecule has 0 bridgehead atoms. The lowest BCUT2D eigenvalue weighted by atomic mass is 10.3. The average molecular weight is 229 g/mol. The summed E-state index contributed by atoms with van der Waals surface area (Å²) in [5.41, 5.74) is 0. The first-order valence-corrected chi connectivity index (χ1v) is 5.77. The Morgan fingerprint density at radius 2 is 1.87 bits per heavy atom. The van der Waals surface area contributed by atoms with E-state index in [1.807, 2.05) is 13.8 Å². The van der Waals surface area contributed by atoms with Gasteiger partial charge in [0.1, 0.15) is 6.04 Å². The third-order valence-corrected chi connectivity index (χ3v) is 2.32. The zero-order chi connectivity index (χ0) is 11.4. The van der Waals surface area contributed by atoms with Crippen LogP contribution in [0.15, 0.2) is 0 Å². The van der Waals surface area contributed by atoms with Crippen molar-refractivity contribution in [3.63, 3.8) is 0 Å². The molecule has 5 heteroatoms. The van der Waals surface area contributed by atoms with E-state index in [4.69, 9.17) is 12.2 Å². The summed E-state index contributed by atoms with van der Waals surface area (Å²) < 4.78 is 0. The van der Waals surface area contributed by atoms with E-state index in [0.29, 0.717) is 11.2 Å². The number of carbonyl (C=O) groups is 1. The molecule has 0 aromatic heterocycles. The van der Waals surface area contributed by atoms with Crippen molar-refractivity contribution >= 4 is 23.2 Å². The zero-order valence-electron chi connectivity index (χ0n) is 9.46. The van der Waals surface area contributed by atoms with Gasteiger partial charge in [0.2, 0.25) is 5.91 Å². The zero-order valence-corrected chi connectivity index (χ0v) is 10.3. The minimum absolute atomic E-state index is 0.0232. The van der Waals surface area contributed by atoms with Crippen molar-refractivity contribution in [2.24, 2.45) is 0 Å². The Hall–Kier alpha value is -0.840. The first-order chi connectivity index (χ1) is 6.99. The van der Waals surface area contributed by atoms with Crippen molar-refractivity contribution in [2.75, 3.05) is 0 Å². The molecular formula is C10H19N3OS. The second kappa shape index (κ2) is 5.30. The summed E-state index contributed by atoms with van der Waals surface area (Å²) in [5, 5.41) is 9.50. The van der Waals surface area contributed by atoms with Gasteiger partial charge >= 0.3 is 0 Å². The monoisotopic (exact) mass is 229 g/mol. The fraction of sp³-hybridized carbons (Fsp3) is 0.800. The summed E-state index contributed by atoms with van der Waals surface area (Å²) in [6.45, 7) is 5.68. The third-order valence-electron chi connectivity index (χ3n) is 2.08. The molecule has 0 aromatic carbocycles. The van der Waals surface area contributed by atoms with Gasteiger partial charge in [0.15, 0.2) is 5.11 Å². The molecule has 0 aliphatic heterocycles. The summed E-state index contributed by atoms with van der Waals surface area (Å²) in [6.07, 6.45) is 2.35. The molecule has 86 valence electrons. The summed E-state index contributed by atoms with van der Waals surface area (Å²) in [5.74, 6) is -0.0232. The van der Waals surface area contributed by atoms with Crippen LogP contribution in [0.25, 0.3) is 0 Å². The van der Waals surface area contributed by atoms with Crippen LogP contribution < -0.4 is 16.0 Å². The van der Waals surface area contributed by atoms with Crippen LogP contribution in [0.1, 0.15) is 33.6 Å². The SMILES string of the molecule is CC(C)NC(=O)C(C)NC(=S)NC1CC1. The van der Waals surface area contributed by atoms with E-state index in [-0.39, 0.29) is 18.0 Å². The highest BCUT2D eigenvalue weighted by Crippen LogP contribution is 2.18. The molecule has 3 N–H and O–H groups in total. The van der Waals surface area contributed by atoms with Crippen LogP contribution in [0, 0.1) is 0 Å². The lowest BCUT2D eigenvalue weighted by Crippen LogP contribution is -2.50. The van der Waals surface area contributed by atoms with Crippen molar-refractivity contribution in [3.8, 4) is 0 Å². The highest BCUT2D eigenvalue weighted by Gasteiger charge is 2.23. The number of hydrogen-bond acceptors (Lipinski definition) is 2. The van der Waals surface area contributed by atoms with Crippen LogP contribution in [0.2, 0.25) is 0 Å². The maximum atomic E-state index is 11.5. The largest absolute Gasteiger partial charge is 0.360 e. The van der Waals surface area contributed by atoms with E-state index in [0.717, 1.165) is 0 Å². The number of hydrogen-bond donors (Lipinski definition) is 3. The standard InChI is InChI=1S/C10H19N3OS/c1-6(2)11-9(14)7(3)12-10(15)13-8-4-5-8/h6-8H,4-5H2,1-3H3,(H,11,14)(H2,12,13,15). The Kier molecular flexibility index (Phi) is 4.32. The maximum absolute atomic E-state index is 11.5. The fourth-order valence-electron chi connectivity index (χ4n) is 1.13. The molecule has 1 unspecified atom stereocenters. The van der Waals surface area contributed by atoms with Crippen molar-refractivity contribution in [2.45, 2.75) is 51.7 Å². The van der Waals surface area contributed by atoms with Crippen molar-refractivity contribution in [1.82, 2.24) is 16.0 Å². The molecule has 0 saturated heterocycles. The Morgan fingerprint density at radius 3 is 2.33 bits per heavy atom. The van der Waals surface area contributed by atoms with Gasteiger partial charge in [-0.15, -0.1) is 0 Å². The molecule has 1 aliphatic carbocycles. The van der Waals surface area contributed by atoms with Gasteiger partial charge < -0.3 is 16.0 Å². The number of nitrogens with one attached hydrogen (secondary N) is 3. The van der Waals surface area contributed by atoms with E-state index < -0.39 is 0 Å². The van der Waals surface area contributed by atoms with Crippen LogP contribution in [-0.2, 0) is 4.79 Å². The first-order valence-electron chi connectivity index (χ1n) is 5.36. The molecule has 1 aliphatic rings. The van der Waals surface area contributed by atoms with Gasteiger partial charge in [0.25, 0.3) is 0 Å². The predicted molar refractivity (Wildman–Crippen MR) is 64.6 cm³/mol. The molecule has 0 aromatic rings. The molecule has 4 nitrogen and oxygen atoms in total. The first kappa shape index (κ1) is 12.2. The van der Waals surface area contributed by atoms with E-state index >= 15 is 0 Å². The second-order valence-corrected chi connectivity index (χ2v) is 4.69.